The number of hydrogen-bond donors (Lipinski definition) is 1. The predicted molar refractivity (Wildman–Crippen MR) is 107 cm³/mol. The van der Waals surface area contributed by atoms with Gasteiger partial charge >= 0.3 is 0 Å². The molecule has 0 fully saturated rings. The lowest BCUT2D eigenvalue weighted by molar-refractivity contribution is 0.0951. The van der Waals surface area contributed by atoms with Crippen LogP contribution >= 0.6 is 11.6 Å². The van der Waals surface area contributed by atoms with E-state index < -0.39 is 0 Å². The monoisotopic (exact) mass is 376 g/mol. The number of fused-ring (bicyclic) bond motifs is 1. The molecule has 4 aromatic rings. The van der Waals surface area contributed by atoms with Crippen molar-refractivity contribution < 1.29 is 9.21 Å². The maximum atomic E-state index is 12.4. The van der Waals surface area contributed by atoms with E-state index in [2.05, 4.69) is 10.3 Å². The first-order valence-corrected chi connectivity index (χ1v) is 8.97. The first kappa shape index (κ1) is 17.3. The third-order valence-electron chi connectivity index (χ3n) is 4.44. The molecule has 4 nitrogen and oxygen atoms in total. The Bertz CT molecular complexity index is 1120. The van der Waals surface area contributed by atoms with E-state index in [-0.39, 0.29) is 5.91 Å². The highest BCUT2D eigenvalue weighted by molar-refractivity contribution is 6.31. The quantitative estimate of drug-likeness (QED) is 0.519. The summed E-state index contributed by atoms with van der Waals surface area (Å²) in [5.74, 6) is 0.383. The van der Waals surface area contributed by atoms with Gasteiger partial charge < -0.3 is 9.73 Å². The molecule has 134 valence electrons. The van der Waals surface area contributed by atoms with Gasteiger partial charge in [0.25, 0.3) is 5.91 Å². The highest BCUT2D eigenvalue weighted by Gasteiger charge is 2.11. The first-order valence-electron chi connectivity index (χ1n) is 8.59. The molecule has 1 amide bonds. The van der Waals surface area contributed by atoms with Crippen molar-refractivity contribution in [3.05, 3.63) is 88.4 Å². The number of aryl methyl sites for hydroxylation is 1. The molecule has 0 saturated heterocycles. The number of carbonyl (C=O) groups excluding carboxylic acids is 1. The zero-order valence-electron chi connectivity index (χ0n) is 14.7. The fourth-order valence-corrected chi connectivity index (χ4v) is 3.04. The van der Waals surface area contributed by atoms with E-state index in [9.17, 15) is 4.79 Å². The molecule has 3 aromatic carbocycles. The van der Waals surface area contributed by atoms with Gasteiger partial charge in [0.1, 0.15) is 5.52 Å². The topological polar surface area (TPSA) is 55.1 Å². The maximum Gasteiger partial charge on any atom is 0.251 e. The fourth-order valence-electron chi connectivity index (χ4n) is 2.87. The van der Waals surface area contributed by atoms with E-state index >= 15 is 0 Å². The lowest BCUT2D eigenvalue weighted by atomic mass is 10.1. The molecule has 0 bridgehead atoms. The number of aromatic nitrogens is 1. The van der Waals surface area contributed by atoms with Crippen molar-refractivity contribution in [2.45, 2.75) is 13.5 Å². The molecule has 1 aromatic heterocycles. The Kier molecular flexibility index (Phi) is 4.65. The van der Waals surface area contributed by atoms with E-state index in [4.69, 9.17) is 16.0 Å². The maximum absolute atomic E-state index is 12.4. The number of carbonyl (C=O) groups is 1. The molecule has 0 unspecified atom stereocenters. The van der Waals surface area contributed by atoms with E-state index in [1.807, 2.05) is 43.3 Å². The Morgan fingerprint density at radius 2 is 1.85 bits per heavy atom. The molecular formula is C22H17ClN2O2. The summed E-state index contributed by atoms with van der Waals surface area (Å²) < 4.78 is 5.76. The van der Waals surface area contributed by atoms with Gasteiger partial charge in [0.2, 0.25) is 5.89 Å². The number of benzene rings is 3. The van der Waals surface area contributed by atoms with Crippen LogP contribution < -0.4 is 5.32 Å². The Morgan fingerprint density at radius 3 is 2.63 bits per heavy atom. The number of amides is 1. The van der Waals surface area contributed by atoms with Crippen LogP contribution in [-0.4, -0.2) is 10.9 Å². The van der Waals surface area contributed by atoms with Crippen LogP contribution in [0.25, 0.3) is 22.6 Å². The minimum absolute atomic E-state index is 0.117. The first-order chi connectivity index (χ1) is 13.1. The van der Waals surface area contributed by atoms with Crippen LogP contribution in [0.2, 0.25) is 5.02 Å². The second kappa shape index (κ2) is 7.25. The minimum atomic E-state index is -0.117. The second-order valence-electron chi connectivity index (χ2n) is 6.32. The Hall–Kier alpha value is -3.11. The van der Waals surface area contributed by atoms with Gasteiger partial charge in [-0.2, -0.15) is 0 Å². The molecular weight excluding hydrogens is 360 g/mol. The molecule has 0 aliphatic carbocycles. The van der Waals surface area contributed by atoms with Crippen molar-refractivity contribution in [1.82, 2.24) is 10.3 Å². The van der Waals surface area contributed by atoms with Gasteiger partial charge in [0.15, 0.2) is 5.58 Å². The number of nitrogens with zero attached hydrogens (tertiary/aromatic N) is 1. The predicted octanol–water partition coefficient (Wildman–Crippen LogP) is 5.39. The standard InChI is InChI=1S/C22H17ClN2O2/c1-14-4-2-3-5-17(14)13-24-21(26)15-6-8-16(9-7-15)22-25-19-12-18(23)10-11-20(19)27-22/h2-12H,13H2,1H3,(H,24,26). The van der Waals surface area contributed by atoms with E-state index in [0.717, 1.165) is 16.7 Å². The van der Waals surface area contributed by atoms with Crippen molar-refractivity contribution in [2.24, 2.45) is 0 Å². The van der Waals surface area contributed by atoms with Crippen LogP contribution in [0.1, 0.15) is 21.5 Å². The minimum Gasteiger partial charge on any atom is -0.436 e. The highest BCUT2D eigenvalue weighted by Crippen LogP contribution is 2.26. The molecule has 0 saturated carbocycles. The van der Waals surface area contributed by atoms with E-state index in [0.29, 0.717) is 34.1 Å². The Labute approximate surface area is 161 Å². The summed E-state index contributed by atoms with van der Waals surface area (Å²) in [7, 11) is 0. The van der Waals surface area contributed by atoms with E-state index in [1.165, 1.54) is 0 Å². The third-order valence-corrected chi connectivity index (χ3v) is 4.68. The van der Waals surface area contributed by atoms with Crippen LogP contribution in [0.3, 0.4) is 0 Å². The number of hydrogen-bond acceptors (Lipinski definition) is 3. The SMILES string of the molecule is Cc1ccccc1CNC(=O)c1ccc(-c2nc3cc(Cl)ccc3o2)cc1. The zero-order chi connectivity index (χ0) is 18.8. The molecule has 0 spiro atoms. The highest BCUT2D eigenvalue weighted by atomic mass is 35.5. The molecule has 4 rings (SSSR count). The molecule has 27 heavy (non-hydrogen) atoms. The van der Waals surface area contributed by atoms with Crippen LogP contribution in [0, 0.1) is 6.92 Å². The zero-order valence-corrected chi connectivity index (χ0v) is 15.5. The van der Waals surface area contributed by atoms with Gasteiger partial charge in [-0.25, -0.2) is 4.98 Å². The van der Waals surface area contributed by atoms with Gasteiger partial charge in [-0.05, 0) is 60.5 Å². The number of halogens is 1. The van der Waals surface area contributed by atoms with Crippen LogP contribution in [0.15, 0.2) is 71.1 Å². The van der Waals surface area contributed by atoms with Crippen molar-refractivity contribution >= 4 is 28.6 Å². The Morgan fingerprint density at radius 1 is 1.07 bits per heavy atom. The van der Waals surface area contributed by atoms with Gasteiger partial charge in [-0.15, -0.1) is 0 Å². The Balaban J connectivity index is 1.49. The summed E-state index contributed by atoms with van der Waals surface area (Å²) in [5.41, 5.74) is 5.04. The van der Waals surface area contributed by atoms with Crippen LogP contribution in [-0.2, 0) is 6.54 Å². The lowest BCUT2D eigenvalue weighted by Gasteiger charge is -2.08. The van der Waals surface area contributed by atoms with Crippen molar-refractivity contribution in [3.8, 4) is 11.5 Å². The number of rotatable bonds is 4. The fraction of sp³-hybridized carbons (Fsp3) is 0.0909. The van der Waals surface area contributed by atoms with Crippen molar-refractivity contribution in [3.63, 3.8) is 0 Å². The normalized spacial score (nSPS) is 10.9. The lowest BCUT2D eigenvalue weighted by Crippen LogP contribution is -2.23. The summed E-state index contributed by atoms with van der Waals surface area (Å²) in [6.45, 7) is 2.53. The van der Waals surface area contributed by atoms with Gasteiger partial charge in [-0.1, -0.05) is 35.9 Å². The van der Waals surface area contributed by atoms with E-state index in [1.54, 1.807) is 30.3 Å². The molecule has 0 radical (unpaired) electrons. The van der Waals surface area contributed by atoms with Gasteiger partial charge in [-0.3, -0.25) is 4.79 Å². The summed E-state index contributed by atoms with van der Waals surface area (Å²) in [5, 5.41) is 3.56. The second-order valence-corrected chi connectivity index (χ2v) is 6.75. The van der Waals surface area contributed by atoms with Crippen LogP contribution in [0.4, 0.5) is 0 Å². The molecule has 5 heteroatoms. The summed E-state index contributed by atoms with van der Waals surface area (Å²) >= 11 is 5.99. The van der Waals surface area contributed by atoms with Crippen molar-refractivity contribution in [1.29, 1.82) is 0 Å². The smallest absolute Gasteiger partial charge is 0.251 e. The molecule has 0 aliphatic heterocycles. The van der Waals surface area contributed by atoms with Crippen LogP contribution in [0.5, 0.6) is 0 Å². The summed E-state index contributed by atoms with van der Waals surface area (Å²) in [6.07, 6.45) is 0. The number of nitrogens with one attached hydrogen (secondary N) is 1. The average Bonchev–Trinajstić information content (AvgIpc) is 3.10. The molecule has 1 N–H and O–H groups in total. The van der Waals surface area contributed by atoms with Gasteiger partial charge in [0, 0.05) is 22.7 Å². The number of oxazole rings is 1. The largest absolute Gasteiger partial charge is 0.436 e. The molecule has 0 aliphatic rings. The molecule has 0 atom stereocenters. The third kappa shape index (κ3) is 3.71. The summed E-state index contributed by atoms with van der Waals surface area (Å²) in [6, 6.07) is 20.5. The summed E-state index contributed by atoms with van der Waals surface area (Å²) in [4.78, 5) is 16.8. The van der Waals surface area contributed by atoms with Crippen molar-refractivity contribution in [2.75, 3.05) is 0 Å². The average molecular weight is 377 g/mol. The van der Waals surface area contributed by atoms with Gasteiger partial charge in [0.05, 0.1) is 0 Å². The molecule has 1 heterocycles.